The number of nitrogens with zero attached hydrogens (tertiary/aromatic N) is 3. The van der Waals surface area contributed by atoms with Crippen LogP contribution in [0.5, 0.6) is 5.75 Å². The molecule has 0 saturated heterocycles. The molecule has 3 heterocycles. The van der Waals surface area contributed by atoms with Gasteiger partial charge in [-0.05, 0) is 71.8 Å². The zero-order valence-corrected chi connectivity index (χ0v) is 24.5. The number of pyridine rings is 2. The van der Waals surface area contributed by atoms with Crippen LogP contribution >= 0.6 is 0 Å². The molecule has 0 bridgehead atoms. The van der Waals surface area contributed by atoms with Gasteiger partial charge >= 0.3 is 0 Å². The Kier molecular flexibility index (Phi) is 8.57. The van der Waals surface area contributed by atoms with E-state index < -0.39 is 0 Å². The fourth-order valence-electron chi connectivity index (χ4n) is 5.85. The molecule has 0 radical (unpaired) electrons. The molecule has 0 saturated carbocycles. The van der Waals surface area contributed by atoms with Gasteiger partial charge in [-0.25, -0.2) is 0 Å². The first-order chi connectivity index (χ1) is 20.7. The van der Waals surface area contributed by atoms with Crippen molar-refractivity contribution in [1.29, 1.82) is 0 Å². The highest BCUT2D eigenvalue weighted by Crippen LogP contribution is 2.36. The number of aromatic amines is 1. The molecule has 0 spiro atoms. The predicted molar refractivity (Wildman–Crippen MR) is 174 cm³/mol. The number of benzene rings is 3. The third kappa shape index (κ3) is 6.07. The van der Waals surface area contributed by atoms with Gasteiger partial charge in [-0.3, -0.25) is 14.9 Å². The lowest BCUT2D eigenvalue weighted by atomic mass is 9.98. The van der Waals surface area contributed by atoms with E-state index in [-0.39, 0.29) is 0 Å². The van der Waals surface area contributed by atoms with Gasteiger partial charge in [0.05, 0.1) is 6.61 Å². The van der Waals surface area contributed by atoms with Crippen LogP contribution in [0.25, 0.3) is 43.9 Å². The Labute approximate surface area is 248 Å². The van der Waals surface area contributed by atoms with E-state index in [9.17, 15) is 0 Å². The Bertz CT molecular complexity index is 1760. The SMILES string of the molecule is CCCN(CCC)Cc1ccc(-c2c[nH]c3ccncc23)c(OCCc2ccc(-c3cccc4ccncc34)cc2)c1. The van der Waals surface area contributed by atoms with E-state index in [1.807, 2.05) is 30.9 Å². The summed E-state index contributed by atoms with van der Waals surface area (Å²) in [6.07, 6.45) is 12.7. The highest BCUT2D eigenvalue weighted by Gasteiger charge is 2.14. The van der Waals surface area contributed by atoms with Crippen LogP contribution in [0, 0.1) is 0 Å². The first-order valence-electron chi connectivity index (χ1n) is 15.0. The smallest absolute Gasteiger partial charge is 0.127 e. The molecule has 3 aromatic carbocycles. The number of hydrogen-bond acceptors (Lipinski definition) is 4. The van der Waals surface area contributed by atoms with Crippen molar-refractivity contribution in [1.82, 2.24) is 19.9 Å². The van der Waals surface area contributed by atoms with Crippen LogP contribution in [-0.2, 0) is 13.0 Å². The molecule has 0 aliphatic carbocycles. The van der Waals surface area contributed by atoms with E-state index >= 15 is 0 Å². The summed E-state index contributed by atoms with van der Waals surface area (Å²) in [7, 11) is 0. The Morgan fingerprint density at radius 2 is 1.50 bits per heavy atom. The van der Waals surface area contributed by atoms with E-state index in [1.165, 1.54) is 33.0 Å². The molecule has 1 N–H and O–H groups in total. The monoisotopic (exact) mass is 554 g/mol. The summed E-state index contributed by atoms with van der Waals surface area (Å²) in [5.41, 5.74) is 8.23. The first kappa shape index (κ1) is 27.7. The van der Waals surface area contributed by atoms with Crippen molar-refractivity contribution in [2.75, 3.05) is 19.7 Å². The van der Waals surface area contributed by atoms with Crippen LogP contribution in [0.15, 0.2) is 104 Å². The summed E-state index contributed by atoms with van der Waals surface area (Å²) >= 11 is 0. The Morgan fingerprint density at radius 1 is 0.738 bits per heavy atom. The zero-order valence-electron chi connectivity index (χ0n) is 24.5. The molecule has 212 valence electrons. The highest BCUT2D eigenvalue weighted by atomic mass is 16.5. The molecule has 0 unspecified atom stereocenters. The van der Waals surface area contributed by atoms with Gasteiger partial charge in [-0.2, -0.15) is 0 Å². The number of nitrogens with one attached hydrogen (secondary N) is 1. The molecule has 0 atom stereocenters. The predicted octanol–water partition coefficient (Wildman–Crippen LogP) is 8.69. The molecule has 42 heavy (non-hydrogen) atoms. The Hall–Kier alpha value is -4.48. The quantitative estimate of drug-likeness (QED) is 0.164. The molecular formula is C37H38N4O. The molecule has 0 fully saturated rings. The first-order valence-corrected chi connectivity index (χ1v) is 15.0. The largest absolute Gasteiger partial charge is 0.493 e. The maximum atomic E-state index is 6.57. The number of ether oxygens (including phenoxy) is 1. The lowest BCUT2D eigenvalue weighted by Crippen LogP contribution is -2.24. The lowest BCUT2D eigenvalue weighted by molar-refractivity contribution is 0.265. The summed E-state index contributed by atoms with van der Waals surface area (Å²) in [5, 5.41) is 3.48. The van der Waals surface area contributed by atoms with Crippen molar-refractivity contribution < 1.29 is 4.74 Å². The van der Waals surface area contributed by atoms with Crippen molar-refractivity contribution in [3.63, 3.8) is 0 Å². The van der Waals surface area contributed by atoms with E-state index in [4.69, 9.17) is 4.74 Å². The highest BCUT2D eigenvalue weighted by molar-refractivity contribution is 5.97. The second-order valence-electron chi connectivity index (χ2n) is 10.9. The number of rotatable bonds is 12. The van der Waals surface area contributed by atoms with E-state index in [2.05, 4.69) is 107 Å². The molecule has 5 nitrogen and oxygen atoms in total. The topological polar surface area (TPSA) is 54.0 Å². The van der Waals surface area contributed by atoms with Crippen molar-refractivity contribution in [3.8, 4) is 28.0 Å². The van der Waals surface area contributed by atoms with Crippen LogP contribution in [-0.4, -0.2) is 39.5 Å². The standard InChI is InChI=1S/C37H38N4O/c1-3-19-41(20-4-2)26-28-10-13-32(34-25-40-36-15-18-39-24-35(34)36)37(22-28)42-21-16-27-8-11-30(12-9-27)31-7-5-6-29-14-17-38-23-33(29)31/h5-15,17-18,22-25,40H,3-4,16,19-21,26H2,1-2H3. The minimum atomic E-state index is 0.599. The number of aromatic nitrogens is 3. The van der Waals surface area contributed by atoms with Crippen LogP contribution in [0.1, 0.15) is 37.8 Å². The molecule has 0 aliphatic heterocycles. The lowest BCUT2D eigenvalue weighted by Gasteiger charge is -2.22. The van der Waals surface area contributed by atoms with Gasteiger partial charge in [0.1, 0.15) is 5.75 Å². The Morgan fingerprint density at radius 3 is 2.31 bits per heavy atom. The van der Waals surface area contributed by atoms with Crippen LogP contribution in [0.3, 0.4) is 0 Å². The van der Waals surface area contributed by atoms with Crippen molar-refractivity contribution in [2.45, 2.75) is 39.7 Å². The molecular weight excluding hydrogens is 516 g/mol. The molecule has 6 rings (SSSR count). The fourth-order valence-corrected chi connectivity index (χ4v) is 5.85. The summed E-state index contributed by atoms with van der Waals surface area (Å²) in [6, 6.07) is 26.0. The molecule has 5 heteroatoms. The summed E-state index contributed by atoms with van der Waals surface area (Å²) < 4.78 is 6.57. The van der Waals surface area contributed by atoms with E-state index in [1.54, 1.807) is 0 Å². The number of fused-ring (bicyclic) bond motifs is 2. The van der Waals surface area contributed by atoms with Gasteiger partial charge < -0.3 is 9.72 Å². The Balaban J connectivity index is 1.22. The van der Waals surface area contributed by atoms with Gasteiger partial charge in [0.2, 0.25) is 0 Å². The van der Waals surface area contributed by atoms with Crippen LogP contribution < -0.4 is 4.74 Å². The molecule has 0 amide bonds. The molecule has 0 aliphatic rings. The second-order valence-corrected chi connectivity index (χ2v) is 10.9. The maximum absolute atomic E-state index is 6.57. The normalized spacial score (nSPS) is 11.5. The van der Waals surface area contributed by atoms with Gasteiger partial charge in [0.25, 0.3) is 0 Å². The van der Waals surface area contributed by atoms with Crippen molar-refractivity contribution in [3.05, 3.63) is 115 Å². The average molecular weight is 555 g/mol. The molecule has 6 aromatic rings. The minimum absolute atomic E-state index is 0.599. The summed E-state index contributed by atoms with van der Waals surface area (Å²) in [6.45, 7) is 8.23. The van der Waals surface area contributed by atoms with Gasteiger partial charge in [0.15, 0.2) is 0 Å². The van der Waals surface area contributed by atoms with Crippen LogP contribution in [0.4, 0.5) is 0 Å². The number of H-pyrrole nitrogens is 1. The van der Waals surface area contributed by atoms with E-state index in [0.717, 1.165) is 66.7 Å². The summed E-state index contributed by atoms with van der Waals surface area (Å²) in [4.78, 5) is 14.6. The second kappa shape index (κ2) is 13.0. The van der Waals surface area contributed by atoms with Crippen molar-refractivity contribution >= 4 is 21.7 Å². The van der Waals surface area contributed by atoms with Gasteiger partial charge in [-0.1, -0.05) is 68.4 Å². The minimum Gasteiger partial charge on any atom is -0.493 e. The third-order valence-electron chi connectivity index (χ3n) is 7.90. The van der Waals surface area contributed by atoms with E-state index in [0.29, 0.717) is 6.61 Å². The maximum Gasteiger partial charge on any atom is 0.127 e. The third-order valence-corrected chi connectivity index (χ3v) is 7.90. The average Bonchev–Trinajstić information content (AvgIpc) is 3.46. The zero-order chi connectivity index (χ0) is 28.7. The molecule has 3 aromatic heterocycles. The van der Waals surface area contributed by atoms with Gasteiger partial charge in [0, 0.05) is 71.4 Å². The van der Waals surface area contributed by atoms with Gasteiger partial charge in [-0.15, -0.1) is 0 Å². The van der Waals surface area contributed by atoms with Crippen LogP contribution in [0.2, 0.25) is 0 Å². The fraction of sp³-hybridized carbons (Fsp3) is 0.243. The van der Waals surface area contributed by atoms with Crippen molar-refractivity contribution in [2.24, 2.45) is 0 Å². The summed E-state index contributed by atoms with van der Waals surface area (Å²) in [5.74, 6) is 0.921. The number of hydrogen-bond donors (Lipinski definition) is 1.